The van der Waals surface area contributed by atoms with Crippen molar-refractivity contribution < 1.29 is 14.3 Å². The topological polar surface area (TPSA) is 77.4 Å². The molecule has 0 saturated heterocycles. The molecular formula is C28H24Cl2N2O4. The maximum absolute atomic E-state index is 13.1. The van der Waals surface area contributed by atoms with Crippen LogP contribution in [0.25, 0.3) is 22.0 Å². The standard InChI is InChI=1S/C28H24Cl2N2O4/c1-16-19-7-4-5-10-23(19)32(2)27(34)24(16)18-13-11-17(12-14-18)15-22(28(35)36-3)31-26(33)25-20(29)8-6-9-21(25)30/h4-14,22H,15H2,1-3H3,(H,31,33). The third-order valence-electron chi connectivity index (χ3n) is 6.23. The van der Waals surface area contributed by atoms with Gasteiger partial charge in [0.25, 0.3) is 11.5 Å². The predicted octanol–water partition coefficient (Wildman–Crippen LogP) is 5.33. The summed E-state index contributed by atoms with van der Waals surface area (Å²) in [4.78, 5) is 38.4. The molecule has 8 heteroatoms. The number of aryl methyl sites for hydroxylation is 2. The summed E-state index contributed by atoms with van der Waals surface area (Å²) >= 11 is 12.3. The molecule has 184 valence electrons. The van der Waals surface area contributed by atoms with Crippen LogP contribution in [-0.2, 0) is 23.0 Å². The molecule has 0 aliphatic rings. The van der Waals surface area contributed by atoms with Gasteiger partial charge in [0, 0.05) is 18.9 Å². The van der Waals surface area contributed by atoms with Gasteiger partial charge in [0.15, 0.2) is 0 Å². The van der Waals surface area contributed by atoms with Gasteiger partial charge in [0.2, 0.25) is 0 Å². The Morgan fingerprint density at radius 2 is 1.61 bits per heavy atom. The summed E-state index contributed by atoms with van der Waals surface area (Å²) in [6.07, 6.45) is 0.176. The lowest BCUT2D eigenvalue weighted by atomic mass is 9.96. The van der Waals surface area contributed by atoms with Gasteiger partial charge in [0.05, 0.1) is 33.8 Å². The fourth-order valence-electron chi connectivity index (χ4n) is 4.32. The zero-order valence-electron chi connectivity index (χ0n) is 20.0. The number of methoxy groups -OCH3 is 1. The molecule has 3 aromatic carbocycles. The molecule has 0 fully saturated rings. The first kappa shape index (κ1) is 25.5. The molecule has 1 heterocycles. The van der Waals surface area contributed by atoms with E-state index in [0.717, 1.165) is 27.6 Å². The Morgan fingerprint density at radius 3 is 2.25 bits per heavy atom. The number of esters is 1. The summed E-state index contributed by atoms with van der Waals surface area (Å²) in [7, 11) is 3.02. The molecule has 1 aromatic heterocycles. The molecule has 0 bridgehead atoms. The molecule has 36 heavy (non-hydrogen) atoms. The highest BCUT2D eigenvalue weighted by Crippen LogP contribution is 2.27. The van der Waals surface area contributed by atoms with Crippen molar-refractivity contribution in [3.05, 3.63) is 104 Å². The van der Waals surface area contributed by atoms with E-state index in [1.807, 2.05) is 55.5 Å². The van der Waals surface area contributed by atoms with Crippen LogP contribution < -0.4 is 10.9 Å². The first-order valence-corrected chi connectivity index (χ1v) is 12.0. The average Bonchev–Trinajstić information content (AvgIpc) is 2.87. The highest BCUT2D eigenvalue weighted by molar-refractivity contribution is 6.39. The van der Waals surface area contributed by atoms with Gasteiger partial charge in [-0.1, -0.05) is 71.7 Å². The minimum atomic E-state index is -0.962. The molecule has 1 amide bonds. The molecule has 4 aromatic rings. The van der Waals surface area contributed by atoms with Gasteiger partial charge in [-0.05, 0) is 41.8 Å². The zero-order chi connectivity index (χ0) is 26.0. The minimum absolute atomic E-state index is 0.0877. The second-order valence-electron chi connectivity index (χ2n) is 8.43. The number of pyridine rings is 1. The Hall–Kier alpha value is -3.61. The molecule has 1 unspecified atom stereocenters. The monoisotopic (exact) mass is 522 g/mol. The molecule has 6 nitrogen and oxygen atoms in total. The van der Waals surface area contributed by atoms with Crippen molar-refractivity contribution in [1.29, 1.82) is 0 Å². The zero-order valence-corrected chi connectivity index (χ0v) is 21.5. The Balaban J connectivity index is 1.62. The van der Waals surface area contributed by atoms with Crippen molar-refractivity contribution in [2.45, 2.75) is 19.4 Å². The van der Waals surface area contributed by atoms with Gasteiger partial charge < -0.3 is 14.6 Å². The number of hydrogen-bond donors (Lipinski definition) is 1. The van der Waals surface area contributed by atoms with Crippen LogP contribution in [-0.4, -0.2) is 29.6 Å². The summed E-state index contributed by atoms with van der Waals surface area (Å²) in [5.41, 5.74) is 3.93. The van der Waals surface area contributed by atoms with Gasteiger partial charge in [-0.25, -0.2) is 4.79 Å². The number of benzene rings is 3. The van der Waals surface area contributed by atoms with Crippen LogP contribution in [0.3, 0.4) is 0 Å². The van der Waals surface area contributed by atoms with Crippen molar-refractivity contribution in [1.82, 2.24) is 9.88 Å². The number of fused-ring (bicyclic) bond motifs is 1. The van der Waals surface area contributed by atoms with E-state index in [9.17, 15) is 14.4 Å². The maximum atomic E-state index is 13.1. The van der Waals surface area contributed by atoms with Gasteiger partial charge in [-0.3, -0.25) is 9.59 Å². The average molecular weight is 523 g/mol. The van der Waals surface area contributed by atoms with Crippen molar-refractivity contribution in [2.75, 3.05) is 7.11 Å². The lowest BCUT2D eigenvalue weighted by Gasteiger charge is -2.18. The number of amides is 1. The molecule has 0 spiro atoms. The summed E-state index contributed by atoms with van der Waals surface area (Å²) in [6, 6.07) is 18.9. The number of ether oxygens (including phenoxy) is 1. The maximum Gasteiger partial charge on any atom is 0.328 e. The number of carbonyl (C=O) groups is 2. The summed E-state index contributed by atoms with van der Waals surface area (Å²) in [5.74, 6) is -1.18. The number of nitrogens with one attached hydrogen (secondary N) is 1. The van der Waals surface area contributed by atoms with Crippen LogP contribution in [0.15, 0.2) is 71.5 Å². The molecular weight excluding hydrogens is 499 g/mol. The van der Waals surface area contributed by atoms with Gasteiger partial charge >= 0.3 is 5.97 Å². The van der Waals surface area contributed by atoms with E-state index >= 15 is 0 Å². The Labute approximate surface area is 218 Å². The second-order valence-corrected chi connectivity index (χ2v) is 9.24. The smallest absolute Gasteiger partial charge is 0.328 e. The van der Waals surface area contributed by atoms with E-state index in [2.05, 4.69) is 5.32 Å². The van der Waals surface area contributed by atoms with Crippen molar-refractivity contribution >= 4 is 46.0 Å². The largest absolute Gasteiger partial charge is 0.467 e. The fraction of sp³-hybridized carbons (Fsp3) is 0.179. The van der Waals surface area contributed by atoms with Crippen molar-refractivity contribution in [3.63, 3.8) is 0 Å². The number of para-hydroxylation sites is 1. The van der Waals surface area contributed by atoms with Crippen molar-refractivity contribution in [3.8, 4) is 11.1 Å². The lowest BCUT2D eigenvalue weighted by Crippen LogP contribution is -2.43. The number of nitrogens with zero attached hydrogens (tertiary/aromatic N) is 1. The third-order valence-corrected chi connectivity index (χ3v) is 6.86. The second kappa shape index (κ2) is 10.6. The van der Waals surface area contributed by atoms with E-state index in [0.29, 0.717) is 5.56 Å². The van der Waals surface area contributed by atoms with Crippen LogP contribution in [0.1, 0.15) is 21.5 Å². The van der Waals surface area contributed by atoms with Gasteiger partial charge in [-0.2, -0.15) is 0 Å². The number of halogens is 2. The van der Waals surface area contributed by atoms with E-state index in [4.69, 9.17) is 27.9 Å². The third kappa shape index (κ3) is 4.87. The summed E-state index contributed by atoms with van der Waals surface area (Å²) < 4.78 is 6.54. The molecule has 4 rings (SSSR count). The van der Waals surface area contributed by atoms with Crippen LogP contribution in [0.5, 0.6) is 0 Å². The van der Waals surface area contributed by atoms with Gasteiger partial charge in [-0.15, -0.1) is 0 Å². The molecule has 0 aliphatic carbocycles. The Bertz CT molecular complexity index is 1510. The van der Waals surface area contributed by atoms with E-state index in [1.165, 1.54) is 7.11 Å². The number of hydrogen-bond acceptors (Lipinski definition) is 4. The first-order chi connectivity index (χ1) is 17.2. The van der Waals surface area contributed by atoms with E-state index < -0.39 is 17.9 Å². The molecule has 1 N–H and O–H groups in total. The minimum Gasteiger partial charge on any atom is -0.467 e. The number of carbonyl (C=O) groups excluding carboxylic acids is 2. The fourth-order valence-corrected chi connectivity index (χ4v) is 4.89. The lowest BCUT2D eigenvalue weighted by molar-refractivity contribution is -0.142. The molecule has 0 radical (unpaired) electrons. The van der Waals surface area contributed by atoms with Crippen LogP contribution in [0.4, 0.5) is 0 Å². The highest BCUT2D eigenvalue weighted by Gasteiger charge is 2.25. The van der Waals surface area contributed by atoms with Crippen LogP contribution >= 0.6 is 23.2 Å². The first-order valence-electron chi connectivity index (χ1n) is 11.2. The Morgan fingerprint density at radius 1 is 0.972 bits per heavy atom. The number of aromatic nitrogens is 1. The van der Waals surface area contributed by atoms with Crippen LogP contribution in [0, 0.1) is 6.92 Å². The summed E-state index contributed by atoms with van der Waals surface area (Å²) in [6.45, 7) is 1.94. The number of rotatable bonds is 6. The molecule has 0 saturated carbocycles. The SMILES string of the molecule is COC(=O)C(Cc1ccc(-c2c(C)c3ccccc3n(C)c2=O)cc1)NC(=O)c1c(Cl)cccc1Cl. The normalized spacial score (nSPS) is 11.8. The summed E-state index contributed by atoms with van der Waals surface area (Å²) in [5, 5.41) is 4.04. The van der Waals surface area contributed by atoms with Crippen molar-refractivity contribution in [2.24, 2.45) is 7.05 Å². The van der Waals surface area contributed by atoms with Crippen LogP contribution in [0.2, 0.25) is 10.0 Å². The van der Waals surface area contributed by atoms with E-state index in [-0.39, 0.29) is 27.6 Å². The molecule has 1 atom stereocenters. The van der Waals surface area contributed by atoms with Gasteiger partial charge in [0.1, 0.15) is 6.04 Å². The van der Waals surface area contributed by atoms with E-state index in [1.54, 1.807) is 29.8 Å². The Kier molecular flexibility index (Phi) is 7.48. The predicted molar refractivity (Wildman–Crippen MR) is 143 cm³/mol. The highest BCUT2D eigenvalue weighted by atomic mass is 35.5. The molecule has 0 aliphatic heterocycles. The quantitative estimate of drug-likeness (QED) is 0.347.